The van der Waals surface area contributed by atoms with Gasteiger partial charge in [0.15, 0.2) is 0 Å². The third-order valence-electron chi connectivity index (χ3n) is 4.67. The van der Waals surface area contributed by atoms with E-state index < -0.39 is 18.1 Å². The highest BCUT2D eigenvalue weighted by molar-refractivity contribution is 6.29. The zero-order chi connectivity index (χ0) is 17.6. The fourth-order valence-corrected chi connectivity index (χ4v) is 3.30. The van der Waals surface area contributed by atoms with Gasteiger partial charge in [-0.05, 0) is 36.6 Å². The molecule has 0 bridgehead atoms. The van der Waals surface area contributed by atoms with Gasteiger partial charge >= 0.3 is 0 Å². The predicted molar refractivity (Wildman–Crippen MR) is 90.9 cm³/mol. The molecule has 3 heterocycles. The van der Waals surface area contributed by atoms with Gasteiger partial charge in [0.05, 0.1) is 12.6 Å². The van der Waals surface area contributed by atoms with Gasteiger partial charge in [0.1, 0.15) is 22.8 Å². The average molecular weight is 358 g/mol. The summed E-state index contributed by atoms with van der Waals surface area (Å²) in [5, 5.41) is 31.0. The van der Waals surface area contributed by atoms with Gasteiger partial charge in [-0.25, -0.2) is 14.9 Å². The molecule has 0 radical (unpaired) electrons. The highest BCUT2D eigenvalue weighted by Crippen LogP contribution is 2.45. The lowest BCUT2D eigenvalue weighted by atomic mass is 10.0. The van der Waals surface area contributed by atoms with E-state index in [1.54, 1.807) is 18.3 Å². The van der Waals surface area contributed by atoms with Crippen molar-refractivity contribution in [1.82, 2.24) is 14.8 Å². The molecule has 128 valence electrons. The lowest BCUT2D eigenvalue weighted by Gasteiger charge is -2.41. The van der Waals surface area contributed by atoms with Crippen LogP contribution in [-0.2, 0) is 6.54 Å². The van der Waals surface area contributed by atoms with Crippen LogP contribution in [0.4, 0.5) is 0 Å². The molecule has 2 unspecified atom stereocenters. The maximum Gasteiger partial charge on any atom is 0.210 e. The van der Waals surface area contributed by atoms with Gasteiger partial charge in [0, 0.05) is 18.0 Å². The summed E-state index contributed by atoms with van der Waals surface area (Å²) in [7, 11) is 0. The number of amidine groups is 1. The Morgan fingerprint density at radius 3 is 2.80 bits per heavy atom. The van der Waals surface area contributed by atoms with Crippen molar-refractivity contribution < 1.29 is 10.2 Å². The molecule has 25 heavy (non-hydrogen) atoms. The number of hydrogen-bond donors (Lipinski definition) is 2. The highest BCUT2D eigenvalue weighted by atomic mass is 35.5. The van der Waals surface area contributed by atoms with Gasteiger partial charge in [-0.1, -0.05) is 17.7 Å². The minimum atomic E-state index is -1.26. The first-order valence-corrected chi connectivity index (χ1v) is 8.31. The van der Waals surface area contributed by atoms with Crippen molar-refractivity contribution >= 4 is 17.4 Å². The van der Waals surface area contributed by atoms with Gasteiger partial charge in [0.25, 0.3) is 0 Å². The molecule has 1 saturated carbocycles. The average Bonchev–Trinajstić information content (AvgIpc) is 3.39. The molecule has 0 spiro atoms. The Morgan fingerprint density at radius 2 is 2.16 bits per heavy atom. The first kappa shape index (κ1) is 16.2. The molecule has 8 heteroatoms. The molecule has 4 rings (SSSR count). The molecular weight excluding hydrogens is 342 g/mol. The van der Waals surface area contributed by atoms with Gasteiger partial charge in [0.2, 0.25) is 6.35 Å². The molecule has 2 atom stereocenters. The Balaban J connectivity index is 1.63. The number of hydrogen-bond acceptors (Lipinski definition) is 7. The lowest BCUT2D eigenvalue weighted by molar-refractivity contribution is -0.106. The van der Waals surface area contributed by atoms with E-state index in [0.29, 0.717) is 35.9 Å². The maximum absolute atomic E-state index is 10.7. The zero-order valence-electron chi connectivity index (χ0n) is 13.2. The summed E-state index contributed by atoms with van der Waals surface area (Å²) in [5.74, 6) is 0.488. The number of halogens is 1. The minimum absolute atomic E-state index is 0.418. The Morgan fingerprint density at radius 1 is 1.36 bits per heavy atom. The molecule has 3 aliphatic rings. The molecule has 0 saturated heterocycles. The molecule has 0 aromatic carbocycles. The van der Waals surface area contributed by atoms with Crippen LogP contribution in [0.3, 0.4) is 0 Å². The van der Waals surface area contributed by atoms with Gasteiger partial charge in [-0.3, -0.25) is 0 Å². The number of nitrogens with zero attached hydrogens (tertiary/aromatic N) is 5. The van der Waals surface area contributed by atoms with Crippen LogP contribution >= 0.6 is 11.6 Å². The first-order chi connectivity index (χ1) is 12.0. The molecule has 1 aliphatic carbocycles. The van der Waals surface area contributed by atoms with Crippen LogP contribution in [0.25, 0.3) is 0 Å². The third kappa shape index (κ3) is 2.73. The van der Waals surface area contributed by atoms with Crippen LogP contribution in [0.5, 0.6) is 0 Å². The second-order valence-corrected chi connectivity index (χ2v) is 6.69. The lowest BCUT2D eigenvalue weighted by Crippen LogP contribution is -2.56. The number of nitriles is 1. The van der Waals surface area contributed by atoms with Crippen LogP contribution in [-0.4, -0.2) is 49.0 Å². The Bertz CT molecular complexity index is 822. The van der Waals surface area contributed by atoms with E-state index >= 15 is 0 Å². The van der Waals surface area contributed by atoms with E-state index in [1.807, 2.05) is 23.2 Å². The molecule has 0 amide bonds. The normalized spacial score (nSPS) is 27.2. The zero-order valence-corrected chi connectivity index (χ0v) is 14.0. The van der Waals surface area contributed by atoms with Crippen LogP contribution in [0, 0.1) is 11.3 Å². The molecule has 2 N–H and O–H groups in total. The number of aliphatic hydroxyl groups is 2. The van der Waals surface area contributed by atoms with Crippen molar-refractivity contribution in [3.63, 3.8) is 0 Å². The van der Waals surface area contributed by atoms with Crippen LogP contribution < -0.4 is 0 Å². The van der Waals surface area contributed by atoms with Crippen LogP contribution in [0.15, 0.2) is 47.2 Å². The Labute approximate surface area is 149 Å². The SMILES string of the molecule is N#CC1(N2C(O)N=C3C(=CC=CN3Cc3ccc(Cl)nc3)C2O)CC1. The van der Waals surface area contributed by atoms with Crippen LogP contribution in [0.1, 0.15) is 18.4 Å². The number of aliphatic hydroxyl groups excluding tert-OH is 2. The topological polar surface area (TPSA) is 96.0 Å². The minimum Gasteiger partial charge on any atom is -0.374 e. The number of aliphatic imine (C=N–C) groups is 1. The van der Waals surface area contributed by atoms with Gasteiger partial charge in [-0.15, -0.1) is 0 Å². The van der Waals surface area contributed by atoms with Crippen molar-refractivity contribution in [2.24, 2.45) is 4.99 Å². The highest BCUT2D eigenvalue weighted by Gasteiger charge is 2.56. The summed E-state index contributed by atoms with van der Waals surface area (Å²) in [6.07, 6.45) is 5.95. The van der Waals surface area contributed by atoms with E-state index in [-0.39, 0.29) is 0 Å². The number of fused-ring (bicyclic) bond motifs is 1. The monoisotopic (exact) mass is 357 g/mol. The smallest absolute Gasteiger partial charge is 0.210 e. The van der Waals surface area contributed by atoms with E-state index in [9.17, 15) is 15.5 Å². The summed E-state index contributed by atoms with van der Waals surface area (Å²) < 4.78 is 0. The molecule has 2 aliphatic heterocycles. The Hall–Kier alpha value is -2.24. The van der Waals surface area contributed by atoms with Crippen molar-refractivity contribution in [1.29, 1.82) is 5.26 Å². The van der Waals surface area contributed by atoms with Crippen LogP contribution in [0.2, 0.25) is 5.15 Å². The van der Waals surface area contributed by atoms with Crippen molar-refractivity contribution in [3.8, 4) is 6.07 Å². The molecular formula is C17H16ClN5O2. The summed E-state index contributed by atoms with van der Waals surface area (Å²) >= 11 is 5.81. The summed E-state index contributed by atoms with van der Waals surface area (Å²) in [6, 6.07) is 5.76. The fourth-order valence-electron chi connectivity index (χ4n) is 3.19. The summed E-state index contributed by atoms with van der Waals surface area (Å²) in [4.78, 5) is 11.6. The molecule has 7 nitrogen and oxygen atoms in total. The standard InChI is InChI=1S/C17H16ClN5O2/c18-13-4-3-11(8-20-13)9-22-7-1-2-12-14(22)21-16(25)23(15(12)24)17(10-19)5-6-17/h1-4,7-8,15-16,24-25H,5-6,9H2. The largest absolute Gasteiger partial charge is 0.374 e. The molecule has 1 aromatic rings. The number of pyridine rings is 1. The number of allylic oxidation sites excluding steroid dienone is 2. The van der Waals surface area contributed by atoms with Crippen molar-refractivity contribution in [2.75, 3.05) is 0 Å². The Kier molecular flexibility index (Phi) is 3.85. The predicted octanol–water partition coefficient (Wildman–Crippen LogP) is 1.36. The van der Waals surface area contributed by atoms with Gasteiger partial charge in [-0.2, -0.15) is 5.26 Å². The molecule has 1 fully saturated rings. The second kappa shape index (κ2) is 5.93. The van der Waals surface area contributed by atoms with Gasteiger partial charge < -0.3 is 15.1 Å². The summed E-state index contributed by atoms with van der Waals surface area (Å²) in [5.41, 5.74) is 0.650. The maximum atomic E-state index is 10.7. The quantitative estimate of drug-likeness (QED) is 0.793. The van der Waals surface area contributed by atoms with Crippen molar-refractivity contribution in [3.05, 3.63) is 53.0 Å². The number of aromatic nitrogens is 1. The van der Waals surface area contributed by atoms with E-state index in [2.05, 4.69) is 16.0 Å². The number of rotatable bonds is 3. The second-order valence-electron chi connectivity index (χ2n) is 6.30. The molecule has 1 aromatic heterocycles. The van der Waals surface area contributed by atoms with E-state index in [4.69, 9.17) is 11.6 Å². The van der Waals surface area contributed by atoms with E-state index in [1.165, 1.54) is 4.90 Å². The van der Waals surface area contributed by atoms with Crippen molar-refractivity contribution in [2.45, 2.75) is 37.5 Å². The first-order valence-electron chi connectivity index (χ1n) is 7.93. The third-order valence-corrected chi connectivity index (χ3v) is 4.89. The summed E-state index contributed by atoms with van der Waals surface area (Å²) in [6.45, 7) is 0.472. The fraction of sp³-hybridized carbons (Fsp3) is 0.353. The van der Waals surface area contributed by atoms with E-state index in [0.717, 1.165) is 5.56 Å².